The average Bonchev–Trinajstić information content (AvgIpc) is 2.80. The number of aryl methyl sites for hydroxylation is 1. The molecule has 1 saturated carbocycles. The van der Waals surface area contributed by atoms with E-state index >= 15 is 4.39 Å². The van der Waals surface area contributed by atoms with E-state index < -0.39 is 0 Å². The third kappa shape index (κ3) is 5.15. The summed E-state index contributed by atoms with van der Waals surface area (Å²) in [5.74, 6) is 1.52. The summed E-state index contributed by atoms with van der Waals surface area (Å²) >= 11 is 0. The fraction of sp³-hybridized carbons (Fsp3) is 0.333. The Morgan fingerprint density at radius 3 is 2.35 bits per heavy atom. The molecule has 160 valence electrons. The molecule has 0 aromatic heterocycles. The van der Waals surface area contributed by atoms with Crippen LogP contribution >= 0.6 is 0 Å². The van der Waals surface area contributed by atoms with Crippen LogP contribution in [-0.2, 0) is 6.42 Å². The van der Waals surface area contributed by atoms with Crippen molar-refractivity contribution in [1.29, 1.82) is 0 Å². The van der Waals surface area contributed by atoms with E-state index in [1.807, 2.05) is 49.4 Å². The van der Waals surface area contributed by atoms with Gasteiger partial charge in [0.05, 0.1) is 0 Å². The van der Waals surface area contributed by atoms with Crippen LogP contribution in [0.1, 0.15) is 57.1 Å². The molecule has 0 amide bonds. The fourth-order valence-corrected chi connectivity index (χ4v) is 4.99. The monoisotopic (exact) mass is 412 g/mol. The second kappa shape index (κ2) is 10.1. The van der Waals surface area contributed by atoms with Gasteiger partial charge in [0.15, 0.2) is 0 Å². The van der Waals surface area contributed by atoms with Crippen LogP contribution in [0.2, 0.25) is 0 Å². The van der Waals surface area contributed by atoms with E-state index in [-0.39, 0.29) is 5.82 Å². The van der Waals surface area contributed by atoms with Crippen molar-refractivity contribution in [3.63, 3.8) is 0 Å². The minimum atomic E-state index is -0.129. The van der Waals surface area contributed by atoms with Crippen molar-refractivity contribution >= 4 is 16.8 Å². The van der Waals surface area contributed by atoms with Crippen molar-refractivity contribution in [2.75, 3.05) is 0 Å². The minimum Gasteiger partial charge on any atom is -0.206 e. The molecule has 0 spiro atoms. The molecule has 0 N–H and O–H groups in total. The van der Waals surface area contributed by atoms with E-state index in [9.17, 15) is 0 Å². The van der Waals surface area contributed by atoms with Crippen LogP contribution in [0.3, 0.4) is 0 Å². The lowest BCUT2D eigenvalue weighted by Gasteiger charge is -2.26. The summed E-state index contributed by atoms with van der Waals surface area (Å²) in [6.45, 7) is 4.12. The zero-order chi connectivity index (χ0) is 21.6. The normalized spacial score (nSPS) is 19.6. The molecular weight excluding hydrogens is 379 g/mol. The largest absolute Gasteiger partial charge is 0.206 e. The number of fused-ring (bicyclic) bond motifs is 1. The Morgan fingerprint density at radius 1 is 0.871 bits per heavy atom. The maximum Gasteiger partial charge on any atom is 0.138 e. The molecule has 4 rings (SSSR count). The van der Waals surface area contributed by atoms with Gasteiger partial charge in [0, 0.05) is 10.9 Å². The number of halogens is 1. The van der Waals surface area contributed by atoms with Gasteiger partial charge in [0.2, 0.25) is 0 Å². The smallest absolute Gasteiger partial charge is 0.138 e. The summed E-state index contributed by atoms with van der Waals surface area (Å²) in [6.07, 6.45) is 16.4. The van der Waals surface area contributed by atoms with Crippen molar-refractivity contribution in [1.82, 2.24) is 0 Å². The van der Waals surface area contributed by atoms with Gasteiger partial charge < -0.3 is 0 Å². The minimum absolute atomic E-state index is 0.129. The highest BCUT2D eigenvalue weighted by atomic mass is 19.1. The summed E-state index contributed by atoms with van der Waals surface area (Å²) < 4.78 is 15.2. The molecule has 3 aromatic carbocycles. The van der Waals surface area contributed by atoms with E-state index in [1.165, 1.54) is 37.7 Å². The number of hydrogen-bond acceptors (Lipinski definition) is 0. The first-order valence-electron chi connectivity index (χ1n) is 11.7. The van der Waals surface area contributed by atoms with Gasteiger partial charge in [0.1, 0.15) is 5.82 Å². The quantitative estimate of drug-likeness (QED) is 0.354. The van der Waals surface area contributed by atoms with E-state index in [2.05, 4.69) is 43.3 Å². The molecule has 31 heavy (non-hydrogen) atoms. The first-order chi connectivity index (χ1) is 15.2. The predicted octanol–water partition coefficient (Wildman–Crippen LogP) is 8.99. The standard InChI is InChI=1S/C30H33F/c1-3-5-22-7-9-23(10-8-22)11-12-24-13-16-26(17-14-24)28-20-18-27-21-25(6-4-2)15-19-29(27)30(28)31/h3-6,13-23H,7-12H2,1-2H3/b5-3+,6-4+. The number of benzene rings is 3. The molecule has 0 nitrogen and oxygen atoms in total. The van der Waals surface area contributed by atoms with Crippen LogP contribution < -0.4 is 0 Å². The maximum atomic E-state index is 15.2. The van der Waals surface area contributed by atoms with Gasteiger partial charge in [-0.1, -0.05) is 72.8 Å². The summed E-state index contributed by atoms with van der Waals surface area (Å²) in [4.78, 5) is 0. The lowest BCUT2D eigenvalue weighted by molar-refractivity contribution is 0.296. The van der Waals surface area contributed by atoms with E-state index in [1.54, 1.807) is 0 Å². The van der Waals surface area contributed by atoms with Crippen LogP contribution in [-0.4, -0.2) is 0 Å². The Hall–Kier alpha value is -2.67. The van der Waals surface area contributed by atoms with Crippen molar-refractivity contribution in [2.24, 2.45) is 11.8 Å². The highest BCUT2D eigenvalue weighted by Crippen LogP contribution is 2.33. The topological polar surface area (TPSA) is 0 Å². The molecule has 1 aliphatic rings. The molecule has 0 saturated heterocycles. The van der Waals surface area contributed by atoms with Gasteiger partial charge in [-0.05, 0) is 92.4 Å². The maximum absolute atomic E-state index is 15.2. The Bertz CT molecular complexity index is 1060. The first kappa shape index (κ1) is 21.6. The first-order valence-corrected chi connectivity index (χ1v) is 11.7. The molecule has 1 heteroatoms. The van der Waals surface area contributed by atoms with Gasteiger partial charge in [-0.25, -0.2) is 4.39 Å². The Morgan fingerprint density at radius 2 is 1.65 bits per heavy atom. The summed E-state index contributed by atoms with van der Waals surface area (Å²) in [6, 6.07) is 18.4. The van der Waals surface area contributed by atoms with Crippen LogP contribution in [0.5, 0.6) is 0 Å². The second-order valence-corrected chi connectivity index (χ2v) is 8.95. The molecule has 0 unspecified atom stereocenters. The highest BCUT2D eigenvalue weighted by molar-refractivity contribution is 5.89. The van der Waals surface area contributed by atoms with Crippen molar-refractivity contribution in [3.05, 3.63) is 89.8 Å². The molecule has 3 aromatic rings. The second-order valence-electron chi connectivity index (χ2n) is 8.95. The fourth-order valence-electron chi connectivity index (χ4n) is 4.99. The summed E-state index contributed by atoms with van der Waals surface area (Å²) in [7, 11) is 0. The molecule has 0 radical (unpaired) electrons. The van der Waals surface area contributed by atoms with Crippen LogP contribution in [0, 0.1) is 17.7 Å². The van der Waals surface area contributed by atoms with Crippen molar-refractivity contribution in [3.8, 4) is 11.1 Å². The number of hydrogen-bond donors (Lipinski definition) is 0. The average molecular weight is 413 g/mol. The molecule has 0 bridgehead atoms. The SMILES string of the molecule is C/C=C/c1ccc2c(F)c(-c3ccc(CCC4CCC(/C=C/C)CC4)cc3)ccc2c1. The summed E-state index contributed by atoms with van der Waals surface area (Å²) in [5.41, 5.74) is 4.09. The van der Waals surface area contributed by atoms with E-state index in [4.69, 9.17) is 0 Å². The zero-order valence-corrected chi connectivity index (χ0v) is 18.8. The molecule has 0 atom stereocenters. The molecule has 1 aliphatic carbocycles. The number of rotatable bonds is 6. The lowest BCUT2D eigenvalue weighted by Crippen LogP contribution is -2.13. The van der Waals surface area contributed by atoms with Gasteiger partial charge in [0.25, 0.3) is 0 Å². The Balaban J connectivity index is 1.42. The Labute approximate surface area is 186 Å². The lowest BCUT2D eigenvalue weighted by atomic mass is 9.79. The Kier molecular flexibility index (Phi) is 7.02. The van der Waals surface area contributed by atoms with Crippen molar-refractivity contribution in [2.45, 2.75) is 52.4 Å². The molecule has 1 fully saturated rings. The van der Waals surface area contributed by atoms with Gasteiger partial charge in [-0.2, -0.15) is 0 Å². The molecule has 0 heterocycles. The zero-order valence-electron chi connectivity index (χ0n) is 18.8. The molecule has 0 aliphatic heterocycles. The predicted molar refractivity (Wildman–Crippen MR) is 133 cm³/mol. The van der Waals surface area contributed by atoms with Gasteiger partial charge >= 0.3 is 0 Å². The van der Waals surface area contributed by atoms with Gasteiger partial charge in [-0.15, -0.1) is 0 Å². The van der Waals surface area contributed by atoms with Gasteiger partial charge in [-0.3, -0.25) is 0 Å². The van der Waals surface area contributed by atoms with Crippen LogP contribution in [0.25, 0.3) is 28.0 Å². The van der Waals surface area contributed by atoms with E-state index in [0.717, 1.165) is 34.8 Å². The van der Waals surface area contributed by atoms with E-state index in [0.29, 0.717) is 10.9 Å². The molecular formula is C30H33F. The number of allylic oxidation sites excluding steroid dienone is 3. The third-order valence-corrected chi connectivity index (χ3v) is 6.80. The van der Waals surface area contributed by atoms with Crippen LogP contribution in [0.15, 0.2) is 72.8 Å². The summed E-state index contributed by atoms with van der Waals surface area (Å²) in [5, 5.41) is 1.63. The highest BCUT2D eigenvalue weighted by Gasteiger charge is 2.19. The van der Waals surface area contributed by atoms with Crippen LogP contribution in [0.4, 0.5) is 4.39 Å². The van der Waals surface area contributed by atoms with Crippen molar-refractivity contribution < 1.29 is 4.39 Å². The third-order valence-electron chi connectivity index (χ3n) is 6.80.